The van der Waals surface area contributed by atoms with Crippen LogP contribution in [0.1, 0.15) is 18.4 Å². The van der Waals surface area contributed by atoms with E-state index < -0.39 is 5.41 Å². The molecule has 0 atom stereocenters. The molecule has 2 aliphatic rings. The van der Waals surface area contributed by atoms with Crippen molar-refractivity contribution in [2.24, 2.45) is 0 Å². The zero-order valence-electron chi connectivity index (χ0n) is 13.6. The highest BCUT2D eigenvalue weighted by atomic mass is 16.5. The predicted molar refractivity (Wildman–Crippen MR) is 89.1 cm³/mol. The first-order valence-corrected chi connectivity index (χ1v) is 8.22. The van der Waals surface area contributed by atoms with Crippen molar-refractivity contribution in [2.75, 3.05) is 20.2 Å². The summed E-state index contributed by atoms with van der Waals surface area (Å²) in [5, 5.41) is 0. The molecule has 1 saturated carbocycles. The van der Waals surface area contributed by atoms with Crippen LogP contribution in [-0.2, 0) is 10.2 Å². The van der Waals surface area contributed by atoms with Gasteiger partial charge in [-0.3, -0.25) is 9.78 Å². The smallest absolute Gasteiger partial charge is 0.233 e. The monoisotopic (exact) mass is 324 g/mol. The Bertz CT molecular complexity index is 737. The van der Waals surface area contributed by atoms with Gasteiger partial charge in [0.25, 0.3) is 0 Å². The lowest BCUT2D eigenvalue weighted by Crippen LogP contribution is -2.58. The SMILES string of the molecule is COc1ccccc1C1(C(=O)N2CC(Oc3ccncc3)C2)CC1. The van der Waals surface area contributed by atoms with Crippen molar-refractivity contribution in [3.8, 4) is 11.5 Å². The molecular formula is C19H20N2O3. The number of methoxy groups -OCH3 is 1. The Labute approximate surface area is 141 Å². The summed E-state index contributed by atoms with van der Waals surface area (Å²) in [5.74, 6) is 1.79. The Morgan fingerprint density at radius 2 is 1.88 bits per heavy atom. The molecule has 5 heteroatoms. The van der Waals surface area contributed by atoms with Crippen molar-refractivity contribution < 1.29 is 14.3 Å². The van der Waals surface area contributed by atoms with Crippen LogP contribution in [0.3, 0.4) is 0 Å². The molecule has 1 saturated heterocycles. The van der Waals surface area contributed by atoms with E-state index in [2.05, 4.69) is 4.98 Å². The number of nitrogens with zero attached hydrogens (tertiary/aromatic N) is 2. The minimum Gasteiger partial charge on any atom is -0.496 e. The third kappa shape index (κ3) is 2.50. The van der Waals surface area contributed by atoms with Crippen LogP contribution in [0.4, 0.5) is 0 Å². The van der Waals surface area contributed by atoms with Gasteiger partial charge >= 0.3 is 0 Å². The molecule has 5 nitrogen and oxygen atoms in total. The van der Waals surface area contributed by atoms with Gasteiger partial charge in [0.05, 0.1) is 25.6 Å². The maximum atomic E-state index is 13.0. The number of amides is 1. The summed E-state index contributed by atoms with van der Waals surface area (Å²) >= 11 is 0. The minimum atomic E-state index is -0.395. The third-order valence-electron chi connectivity index (χ3n) is 4.87. The van der Waals surface area contributed by atoms with E-state index in [9.17, 15) is 4.79 Å². The fourth-order valence-corrected chi connectivity index (χ4v) is 3.35. The normalized spacial score (nSPS) is 18.6. The van der Waals surface area contributed by atoms with E-state index in [1.54, 1.807) is 19.5 Å². The molecule has 0 radical (unpaired) electrons. The Morgan fingerprint density at radius 1 is 1.17 bits per heavy atom. The molecule has 2 fully saturated rings. The maximum absolute atomic E-state index is 13.0. The van der Waals surface area contributed by atoms with Crippen molar-refractivity contribution >= 4 is 5.91 Å². The molecule has 1 aliphatic heterocycles. The third-order valence-corrected chi connectivity index (χ3v) is 4.87. The molecule has 2 aromatic rings. The van der Waals surface area contributed by atoms with Crippen molar-refractivity contribution in [1.82, 2.24) is 9.88 Å². The van der Waals surface area contributed by atoms with Crippen LogP contribution in [0.5, 0.6) is 11.5 Å². The van der Waals surface area contributed by atoms with Crippen LogP contribution in [0, 0.1) is 0 Å². The molecule has 1 aromatic heterocycles. The summed E-state index contributed by atoms with van der Waals surface area (Å²) in [4.78, 5) is 18.8. The largest absolute Gasteiger partial charge is 0.496 e. The molecule has 1 aliphatic carbocycles. The number of pyridine rings is 1. The molecule has 4 rings (SSSR count). The molecular weight excluding hydrogens is 304 g/mol. The van der Waals surface area contributed by atoms with Gasteiger partial charge in [-0.15, -0.1) is 0 Å². The maximum Gasteiger partial charge on any atom is 0.233 e. The lowest BCUT2D eigenvalue weighted by atomic mass is 9.92. The number of carbonyl (C=O) groups is 1. The lowest BCUT2D eigenvalue weighted by Gasteiger charge is -2.41. The van der Waals surface area contributed by atoms with E-state index >= 15 is 0 Å². The van der Waals surface area contributed by atoms with Gasteiger partial charge in [0.1, 0.15) is 17.6 Å². The van der Waals surface area contributed by atoms with E-state index in [0.717, 1.165) is 29.9 Å². The highest BCUT2D eigenvalue weighted by Crippen LogP contribution is 2.53. The van der Waals surface area contributed by atoms with Crippen LogP contribution in [0.2, 0.25) is 0 Å². The number of rotatable bonds is 5. The van der Waals surface area contributed by atoms with Gasteiger partial charge in [0.2, 0.25) is 5.91 Å². The number of aromatic nitrogens is 1. The summed E-state index contributed by atoms with van der Waals surface area (Å²) in [6.45, 7) is 1.27. The molecule has 1 amide bonds. The second kappa shape index (κ2) is 5.82. The summed E-state index contributed by atoms with van der Waals surface area (Å²) in [6, 6.07) is 11.5. The first-order valence-electron chi connectivity index (χ1n) is 8.22. The molecule has 0 unspecified atom stereocenters. The zero-order valence-corrected chi connectivity index (χ0v) is 13.6. The number of benzene rings is 1. The van der Waals surface area contributed by atoms with Crippen LogP contribution in [0.15, 0.2) is 48.8 Å². The number of hydrogen-bond donors (Lipinski definition) is 0. The first-order chi connectivity index (χ1) is 11.7. The Kier molecular flexibility index (Phi) is 3.63. The molecule has 0 spiro atoms. The predicted octanol–water partition coefficient (Wildman–Crippen LogP) is 2.41. The van der Waals surface area contributed by atoms with Gasteiger partial charge in [-0.1, -0.05) is 18.2 Å². The average molecular weight is 324 g/mol. The summed E-state index contributed by atoms with van der Waals surface area (Å²) in [6.07, 6.45) is 5.25. The Balaban J connectivity index is 1.42. The van der Waals surface area contributed by atoms with E-state index in [1.165, 1.54) is 0 Å². The van der Waals surface area contributed by atoms with Crippen LogP contribution in [-0.4, -0.2) is 42.1 Å². The van der Waals surface area contributed by atoms with Crippen LogP contribution in [0.25, 0.3) is 0 Å². The lowest BCUT2D eigenvalue weighted by molar-refractivity contribution is -0.142. The Hall–Kier alpha value is -2.56. The molecule has 124 valence electrons. The number of likely N-dealkylation sites (tertiary alicyclic amines) is 1. The van der Waals surface area contributed by atoms with Crippen molar-refractivity contribution in [2.45, 2.75) is 24.4 Å². The molecule has 1 aromatic carbocycles. The first kappa shape index (κ1) is 15.0. The van der Waals surface area contributed by atoms with Gasteiger partial charge in [0.15, 0.2) is 0 Å². The number of hydrogen-bond acceptors (Lipinski definition) is 4. The van der Waals surface area contributed by atoms with Crippen molar-refractivity contribution in [3.63, 3.8) is 0 Å². The van der Waals surface area contributed by atoms with E-state index in [0.29, 0.717) is 13.1 Å². The van der Waals surface area contributed by atoms with Crippen molar-refractivity contribution in [1.29, 1.82) is 0 Å². The topological polar surface area (TPSA) is 51.7 Å². The molecule has 0 bridgehead atoms. The molecule has 2 heterocycles. The number of ether oxygens (including phenoxy) is 2. The standard InChI is InChI=1S/C19H20N2O3/c1-23-17-5-3-2-4-16(17)19(8-9-19)18(22)21-12-15(13-21)24-14-6-10-20-11-7-14/h2-7,10-11,15H,8-9,12-13H2,1H3. The second-order valence-electron chi connectivity index (χ2n) is 6.42. The highest BCUT2D eigenvalue weighted by Gasteiger charge is 2.56. The van der Waals surface area contributed by atoms with E-state index in [4.69, 9.17) is 9.47 Å². The number of carbonyl (C=O) groups excluding carboxylic acids is 1. The fourth-order valence-electron chi connectivity index (χ4n) is 3.35. The summed E-state index contributed by atoms with van der Waals surface area (Å²) in [5.41, 5.74) is 0.616. The minimum absolute atomic E-state index is 0.0600. The van der Waals surface area contributed by atoms with Gasteiger partial charge in [-0.05, 0) is 31.0 Å². The zero-order chi connectivity index (χ0) is 16.6. The van der Waals surface area contributed by atoms with Gasteiger partial charge in [-0.2, -0.15) is 0 Å². The second-order valence-corrected chi connectivity index (χ2v) is 6.42. The quantitative estimate of drug-likeness (QED) is 0.847. The van der Waals surface area contributed by atoms with E-state index in [1.807, 2.05) is 41.3 Å². The summed E-state index contributed by atoms with van der Waals surface area (Å²) < 4.78 is 11.3. The van der Waals surface area contributed by atoms with Crippen LogP contribution >= 0.6 is 0 Å². The Morgan fingerprint density at radius 3 is 2.54 bits per heavy atom. The number of para-hydroxylation sites is 1. The molecule has 0 N–H and O–H groups in total. The van der Waals surface area contributed by atoms with Gasteiger partial charge < -0.3 is 14.4 Å². The van der Waals surface area contributed by atoms with Gasteiger partial charge in [0, 0.05) is 18.0 Å². The fraction of sp³-hybridized carbons (Fsp3) is 0.368. The highest BCUT2D eigenvalue weighted by molar-refractivity contribution is 5.92. The van der Waals surface area contributed by atoms with Crippen molar-refractivity contribution in [3.05, 3.63) is 54.4 Å². The average Bonchev–Trinajstić information content (AvgIpc) is 3.40. The summed E-state index contributed by atoms with van der Waals surface area (Å²) in [7, 11) is 1.65. The van der Waals surface area contributed by atoms with Gasteiger partial charge in [-0.25, -0.2) is 0 Å². The van der Waals surface area contributed by atoms with Crippen LogP contribution < -0.4 is 9.47 Å². The van der Waals surface area contributed by atoms with E-state index in [-0.39, 0.29) is 12.0 Å². The molecule has 24 heavy (non-hydrogen) atoms.